The maximum absolute atomic E-state index is 13.3. The van der Waals surface area contributed by atoms with Crippen molar-refractivity contribution in [2.24, 2.45) is 0 Å². The third kappa shape index (κ3) is 4.93. The number of aromatic nitrogens is 3. The molecule has 0 unspecified atom stereocenters. The van der Waals surface area contributed by atoms with Crippen LogP contribution in [0.1, 0.15) is 11.1 Å². The number of carbonyl (C=O) groups excluding carboxylic acids is 2. The molecule has 0 bridgehead atoms. The van der Waals surface area contributed by atoms with Gasteiger partial charge in [0.25, 0.3) is 11.8 Å². The molecule has 1 aliphatic rings. The molecule has 0 radical (unpaired) electrons. The molecule has 33 heavy (non-hydrogen) atoms. The van der Waals surface area contributed by atoms with Crippen molar-refractivity contribution in [2.75, 3.05) is 18.5 Å². The van der Waals surface area contributed by atoms with Gasteiger partial charge in [-0.3, -0.25) is 15.0 Å². The Balaban J connectivity index is 1.62. The molecule has 1 aliphatic heterocycles. The molecule has 170 valence electrons. The fourth-order valence-electron chi connectivity index (χ4n) is 3.40. The van der Waals surface area contributed by atoms with Crippen molar-refractivity contribution in [3.8, 4) is 0 Å². The van der Waals surface area contributed by atoms with Crippen molar-refractivity contribution in [1.82, 2.24) is 23.7 Å². The summed E-state index contributed by atoms with van der Waals surface area (Å²) in [5, 5.41) is 7.70. The highest BCUT2D eigenvalue weighted by atomic mass is 32.2. The minimum absolute atomic E-state index is 0.0995. The van der Waals surface area contributed by atoms with Gasteiger partial charge in [0.05, 0.1) is 12.4 Å². The molecule has 0 saturated carbocycles. The van der Waals surface area contributed by atoms with Crippen molar-refractivity contribution in [3.63, 3.8) is 0 Å². The van der Waals surface area contributed by atoms with Gasteiger partial charge >= 0.3 is 10.2 Å². The first-order valence-corrected chi connectivity index (χ1v) is 11.7. The molecular formula is C22H22N6O4S. The summed E-state index contributed by atoms with van der Waals surface area (Å²) in [6.07, 6.45) is 4.59. The second-order valence-electron chi connectivity index (χ2n) is 7.24. The number of hydrogen-bond donors (Lipinski definition) is 1. The fraction of sp³-hybridized carbons (Fsp3) is 0.182. The SMILES string of the molecule is O=C1C(=CNn2nccn2)C(=O)N(CCc2ccccc2)S(=O)(=O)N1CCc1ccccc1. The Morgan fingerprint density at radius 1 is 0.758 bits per heavy atom. The highest BCUT2D eigenvalue weighted by Crippen LogP contribution is 2.23. The highest BCUT2D eigenvalue weighted by Gasteiger charge is 2.46. The van der Waals surface area contributed by atoms with E-state index in [0.717, 1.165) is 30.8 Å². The van der Waals surface area contributed by atoms with Crippen LogP contribution in [0.25, 0.3) is 0 Å². The Morgan fingerprint density at radius 3 is 1.67 bits per heavy atom. The van der Waals surface area contributed by atoms with Crippen LogP contribution in [-0.4, -0.2) is 57.0 Å². The van der Waals surface area contributed by atoms with Crippen molar-refractivity contribution in [3.05, 3.63) is 96.0 Å². The summed E-state index contributed by atoms with van der Waals surface area (Å²) in [6.45, 7) is -0.199. The number of nitrogens with zero attached hydrogens (tertiary/aromatic N) is 5. The van der Waals surface area contributed by atoms with Gasteiger partial charge < -0.3 is 0 Å². The summed E-state index contributed by atoms with van der Waals surface area (Å²) in [5.74, 6) is -1.79. The van der Waals surface area contributed by atoms with Crippen LogP contribution in [-0.2, 0) is 32.6 Å². The first kappa shape index (κ1) is 22.2. The van der Waals surface area contributed by atoms with Gasteiger partial charge in [-0.05, 0) is 24.0 Å². The average Bonchev–Trinajstić information content (AvgIpc) is 3.33. The fourth-order valence-corrected chi connectivity index (χ4v) is 4.90. The van der Waals surface area contributed by atoms with Gasteiger partial charge in [0.1, 0.15) is 5.57 Å². The molecule has 1 N–H and O–H groups in total. The molecule has 2 heterocycles. The standard InChI is InChI=1S/C22H22N6O4S/c29-21-20(17-25-28-23-13-14-24-28)22(30)27(16-12-19-9-5-2-6-10-19)33(31,32)26(21)15-11-18-7-3-1-4-8-18/h1-10,13-14,17,25H,11-12,15-16H2. The number of nitrogens with one attached hydrogen (secondary N) is 1. The third-order valence-electron chi connectivity index (χ3n) is 5.11. The van der Waals surface area contributed by atoms with E-state index in [9.17, 15) is 18.0 Å². The lowest BCUT2D eigenvalue weighted by molar-refractivity contribution is -0.131. The molecule has 11 heteroatoms. The maximum atomic E-state index is 13.3. The molecule has 0 spiro atoms. The predicted octanol–water partition coefficient (Wildman–Crippen LogP) is 1.11. The van der Waals surface area contributed by atoms with Crippen molar-refractivity contribution >= 4 is 22.0 Å². The molecule has 1 fully saturated rings. The van der Waals surface area contributed by atoms with Crippen molar-refractivity contribution in [1.29, 1.82) is 0 Å². The van der Waals surface area contributed by atoms with E-state index in [-0.39, 0.29) is 18.7 Å². The van der Waals surface area contributed by atoms with E-state index in [2.05, 4.69) is 15.6 Å². The van der Waals surface area contributed by atoms with Crippen LogP contribution in [0.15, 0.2) is 84.8 Å². The highest BCUT2D eigenvalue weighted by molar-refractivity contribution is 7.88. The number of benzene rings is 2. The summed E-state index contributed by atoms with van der Waals surface area (Å²) in [6, 6.07) is 18.4. The Labute approximate surface area is 191 Å². The summed E-state index contributed by atoms with van der Waals surface area (Å²) in [5.41, 5.74) is 4.04. The third-order valence-corrected chi connectivity index (χ3v) is 6.92. The normalized spacial score (nSPS) is 15.6. The van der Waals surface area contributed by atoms with E-state index in [0.29, 0.717) is 12.8 Å². The van der Waals surface area contributed by atoms with Crippen LogP contribution in [0, 0.1) is 0 Å². The summed E-state index contributed by atoms with van der Waals surface area (Å²) < 4.78 is 28.1. The van der Waals surface area contributed by atoms with Crippen LogP contribution >= 0.6 is 0 Å². The van der Waals surface area contributed by atoms with E-state index in [1.165, 1.54) is 12.4 Å². The molecule has 0 aliphatic carbocycles. The summed E-state index contributed by atoms with van der Waals surface area (Å²) in [4.78, 5) is 27.2. The van der Waals surface area contributed by atoms with E-state index in [4.69, 9.17) is 0 Å². The first-order chi connectivity index (χ1) is 16.0. The smallest absolute Gasteiger partial charge is 0.268 e. The lowest BCUT2D eigenvalue weighted by Crippen LogP contribution is -2.57. The number of amides is 2. The Bertz CT molecular complexity index is 1170. The zero-order valence-corrected chi connectivity index (χ0v) is 18.4. The van der Waals surface area contributed by atoms with Crippen molar-refractivity contribution in [2.45, 2.75) is 12.8 Å². The van der Waals surface area contributed by atoms with Gasteiger partial charge in [-0.25, -0.2) is 8.61 Å². The number of carbonyl (C=O) groups is 2. The largest absolute Gasteiger partial charge is 0.331 e. The first-order valence-electron chi connectivity index (χ1n) is 10.3. The van der Waals surface area contributed by atoms with Gasteiger partial charge in [-0.15, -0.1) is 10.2 Å². The molecule has 4 rings (SSSR count). The van der Waals surface area contributed by atoms with Gasteiger partial charge in [-0.1, -0.05) is 65.6 Å². The minimum Gasteiger partial charge on any atom is -0.268 e. The molecule has 0 atom stereocenters. The van der Waals surface area contributed by atoms with E-state index < -0.39 is 22.0 Å². The van der Waals surface area contributed by atoms with E-state index in [1.807, 2.05) is 60.7 Å². The zero-order valence-electron chi connectivity index (χ0n) is 17.6. The van der Waals surface area contributed by atoms with Crippen LogP contribution in [0.5, 0.6) is 0 Å². The van der Waals surface area contributed by atoms with Gasteiger partial charge in [0.15, 0.2) is 0 Å². The van der Waals surface area contributed by atoms with Gasteiger partial charge in [0, 0.05) is 19.3 Å². The molecule has 2 aromatic carbocycles. The molecule has 1 aromatic heterocycles. The van der Waals surface area contributed by atoms with E-state index in [1.54, 1.807) is 0 Å². The second-order valence-corrected chi connectivity index (χ2v) is 9.02. The van der Waals surface area contributed by atoms with Crippen LogP contribution < -0.4 is 5.43 Å². The Hall–Kier alpha value is -3.99. The van der Waals surface area contributed by atoms with E-state index >= 15 is 0 Å². The topological polar surface area (TPSA) is 117 Å². The molecular weight excluding hydrogens is 444 g/mol. The van der Waals surface area contributed by atoms with Gasteiger partial charge in [0.2, 0.25) is 0 Å². The van der Waals surface area contributed by atoms with Crippen LogP contribution in [0.2, 0.25) is 0 Å². The van der Waals surface area contributed by atoms with Gasteiger partial charge in [-0.2, -0.15) is 8.42 Å². The van der Waals surface area contributed by atoms with Crippen molar-refractivity contribution < 1.29 is 18.0 Å². The maximum Gasteiger partial charge on any atom is 0.331 e. The summed E-state index contributed by atoms with van der Waals surface area (Å²) in [7, 11) is -4.35. The summed E-state index contributed by atoms with van der Waals surface area (Å²) >= 11 is 0. The zero-order chi connectivity index (χ0) is 23.3. The minimum atomic E-state index is -4.35. The second kappa shape index (κ2) is 9.65. The molecule has 3 aromatic rings. The lowest BCUT2D eigenvalue weighted by atomic mass is 10.1. The molecule has 10 nitrogen and oxygen atoms in total. The molecule has 2 amide bonds. The monoisotopic (exact) mass is 466 g/mol. The average molecular weight is 467 g/mol. The van der Waals surface area contributed by atoms with Crippen LogP contribution in [0.3, 0.4) is 0 Å². The van der Waals surface area contributed by atoms with Crippen LogP contribution in [0.4, 0.5) is 0 Å². The number of hydrogen-bond acceptors (Lipinski definition) is 7. The number of rotatable bonds is 8. The Kier molecular flexibility index (Phi) is 6.50. The predicted molar refractivity (Wildman–Crippen MR) is 120 cm³/mol. The molecule has 1 saturated heterocycles. The lowest BCUT2D eigenvalue weighted by Gasteiger charge is -2.35. The quantitative estimate of drug-likeness (QED) is 0.390. The Morgan fingerprint density at radius 2 is 1.21 bits per heavy atom.